The maximum absolute atomic E-state index is 5.99. The van der Waals surface area contributed by atoms with Crippen molar-refractivity contribution >= 4 is 0 Å². The van der Waals surface area contributed by atoms with Crippen molar-refractivity contribution in [2.24, 2.45) is 0 Å². The molecule has 3 nitrogen and oxygen atoms in total. The van der Waals surface area contributed by atoms with Crippen LogP contribution in [0.3, 0.4) is 0 Å². The molecule has 3 heteroatoms. The zero-order valence-corrected chi connectivity index (χ0v) is 12.9. The average molecular weight is 266 g/mol. The summed E-state index contributed by atoms with van der Waals surface area (Å²) in [5.41, 5.74) is 0.234. The number of rotatable bonds is 5. The zero-order chi connectivity index (χ0) is 13.7. The Morgan fingerprint density at radius 1 is 1.26 bits per heavy atom. The van der Waals surface area contributed by atoms with Gasteiger partial charge >= 0.3 is 0 Å². The van der Waals surface area contributed by atoms with Crippen LogP contribution < -0.4 is 5.32 Å². The first-order valence-corrected chi connectivity index (χ1v) is 7.94. The van der Waals surface area contributed by atoms with Crippen LogP contribution in [0.25, 0.3) is 0 Å². The van der Waals surface area contributed by atoms with E-state index in [1.54, 1.807) is 0 Å². The van der Waals surface area contributed by atoms with Crippen LogP contribution in [0.1, 0.15) is 51.9 Å². The molecule has 0 amide bonds. The first-order chi connectivity index (χ1) is 9.20. The van der Waals surface area contributed by atoms with Gasteiger partial charge in [-0.25, -0.2) is 0 Å². The van der Waals surface area contributed by atoms with Crippen molar-refractivity contribution in [2.75, 3.05) is 27.2 Å². The van der Waals surface area contributed by atoms with Crippen LogP contribution in [0.5, 0.6) is 0 Å². The predicted octanol–water partition coefficient (Wildman–Crippen LogP) is 2.92. The lowest BCUT2D eigenvalue weighted by atomic mass is 9.74. The van der Waals surface area contributed by atoms with E-state index in [1.165, 1.54) is 44.3 Å². The Morgan fingerprint density at radius 3 is 2.53 bits per heavy atom. The lowest BCUT2D eigenvalue weighted by Gasteiger charge is -2.49. The molecule has 0 aromatic heterocycles. The molecule has 1 saturated carbocycles. The Bertz CT molecular complexity index is 306. The van der Waals surface area contributed by atoms with E-state index < -0.39 is 0 Å². The second-order valence-electron chi connectivity index (χ2n) is 6.15. The summed E-state index contributed by atoms with van der Waals surface area (Å²) in [7, 11) is 4.47. The highest BCUT2D eigenvalue weighted by Crippen LogP contribution is 2.38. The molecule has 2 rings (SSSR count). The lowest BCUT2D eigenvalue weighted by molar-refractivity contribution is 0.0382. The van der Waals surface area contributed by atoms with Crippen LogP contribution in [-0.4, -0.2) is 43.7 Å². The topological polar surface area (TPSA) is 24.5 Å². The van der Waals surface area contributed by atoms with Gasteiger partial charge in [-0.2, -0.15) is 0 Å². The summed E-state index contributed by atoms with van der Waals surface area (Å²) in [6.45, 7) is 4.08. The Kier molecular flexibility index (Phi) is 5.28. The fraction of sp³-hybridized carbons (Fsp3) is 0.875. The molecular weight excluding hydrogens is 236 g/mol. The van der Waals surface area contributed by atoms with Crippen LogP contribution in [0, 0.1) is 0 Å². The molecule has 0 spiro atoms. The molecule has 1 unspecified atom stereocenters. The molecule has 0 bridgehead atoms. The van der Waals surface area contributed by atoms with Crippen molar-refractivity contribution in [3.05, 3.63) is 11.8 Å². The standard InChI is InChI=1S/C16H30N2O/c1-4-17-15(14-10-6-9-13-19-14)16(18(2)3)11-7-5-8-12-16/h10,15,17H,4-9,11-13H2,1-3H3. The molecule has 110 valence electrons. The average Bonchev–Trinajstić information content (AvgIpc) is 2.46. The highest BCUT2D eigenvalue weighted by molar-refractivity contribution is 5.16. The van der Waals surface area contributed by atoms with Gasteiger partial charge in [-0.1, -0.05) is 26.2 Å². The van der Waals surface area contributed by atoms with E-state index in [0.717, 1.165) is 19.6 Å². The summed E-state index contributed by atoms with van der Waals surface area (Å²) in [6, 6.07) is 0.355. The maximum atomic E-state index is 5.99. The van der Waals surface area contributed by atoms with Crippen molar-refractivity contribution in [3.63, 3.8) is 0 Å². The summed E-state index contributed by atoms with van der Waals surface area (Å²) in [5.74, 6) is 1.20. The molecule has 0 aromatic carbocycles. The van der Waals surface area contributed by atoms with Gasteiger partial charge in [0.1, 0.15) is 5.76 Å². The number of nitrogens with one attached hydrogen (secondary N) is 1. The van der Waals surface area contributed by atoms with Gasteiger partial charge in [-0.05, 0) is 52.4 Å². The van der Waals surface area contributed by atoms with Crippen molar-refractivity contribution in [1.82, 2.24) is 10.2 Å². The van der Waals surface area contributed by atoms with E-state index in [4.69, 9.17) is 4.74 Å². The molecule has 1 heterocycles. The zero-order valence-electron chi connectivity index (χ0n) is 12.9. The van der Waals surface area contributed by atoms with E-state index in [2.05, 4.69) is 37.3 Å². The van der Waals surface area contributed by atoms with Gasteiger partial charge in [0.25, 0.3) is 0 Å². The van der Waals surface area contributed by atoms with Gasteiger partial charge in [-0.15, -0.1) is 0 Å². The quantitative estimate of drug-likeness (QED) is 0.828. The van der Waals surface area contributed by atoms with Gasteiger partial charge in [0.2, 0.25) is 0 Å². The van der Waals surface area contributed by atoms with Crippen molar-refractivity contribution in [1.29, 1.82) is 0 Å². The lowest BCUT2D eigenvalue weighted by Crippen LogP contribution is -2.61. The number of allylic oxidation sites excluding steroid dienone is 1. The predicted molar refractivity (Wildman–Crippen MR) is 80.2 cm³/mol. The normalized spacial score (nSPS) is 24.7. The highest BCUT2D eigenvalue weighted by atomic mass is 16.5. The fourth-order valence-corrected chi connectivity index (χ4v) is 3.70. The highest BCUT2D eigenvalue weighted by Gasteiger charge is 2.44. The molecule has 19 heavy (non-hydrogen) atoms. The van der Waals surface area contributed by atoms with E-state index in [-0.39, 0.29) is 5.54 Å². The summed E-state index contributed by atoms with van der Waals surface area (Å²) < 4.78 is 5.99. The smallest absolute Gasteiger partial charge is 0.111 e. The third-order valence-electron chi connectivity index (χ3n) is 4.80. The molecule has 1 fully saturated rings. The molecule has 0 saturated heterocycles. The minimum atomic E-state index is 0.234. The minimum absolute atomic E-state index is 0.234. The first-order valence-electron chi connectivity index (χ1n) is 7.94. The molecule has 0 aromatic rings. The van der Waals surface area contributed by atoms with Crippen LogP contribution in [0.2, 0.25) is 0 Å². The molecule has 1 aliphatic carbocycles. The van der Waals surface area contributed by atoms with E-state index in [1.807, 2.05) is 0 Å². The van der Waals surface area contributed by atoms with E-state index in [0.29, 0.717) is 6.04 Å². The molecule has 1 N–H and O–H groups in total. The van der Waals surface area contributed by atoms with Gasteiger partial charge in [0, 0.05) is 5.54 Å². The summed E-state index contributed by atoms with van der Waals surface area (Å²) in [5, 5.41) is 3.71. The molecule has 1 atom stereocenters. The monoisotopic (exact) mass is 266 g/mol. The van der Waals surface area contributed by atoms with Crippen molar-refractivity contribution < 1.29 is 4.74 Å². The second kappa shape index (κ2) is 6.76. The number of likely N-dealkylation sites (N-methyl/N-ethyl adjacent to an activating group) is 2. The Morgan fingerprint density at radius 2 is 2.00 bits per heavy atom. The Balaban J connectivity index is 2.25. The van der Waals surface area contributed by atoms with Gasteiger partial charge in [0.05, 0.1) is 12.6 Å². The Hall–Kier alpha value is -0.540. The van der Waals surface area contributed by atoms with Crippen LogP contribution in [0.15, 0.2) is 11.8 Å². The van der Waals surface area contributed by atoms with Gasteiger partial charge < -0.3 is 15.0 Å². The van der Waals surface area contributed by atoms with Crippen LogP contribution in [0.4, 0.5) is 0 Å². The Labute approximate surface area is 118 Å². The molecule has 2 aliphatic rings. The van der Waals surface area contributed by atoms with Crippen molar-refractivity contribution in [2.45, 2.75) is 63.5 Å². The number of nitrogens with zero attached hydrogens (tertiary/aromatic N) is 1. The van der Waals surface area contributed by atoms with E-state index >= 15 is 0 Å². The summed E-state index contributed by atoms with van der Waals surface area (Å²) >= 11 is 0. The largest absolute Gasteiger partial charge is 0.497 e. The molecule has 0 radical (unpaired) electrons. The number of hydrogen-bond acceptors (Lipinski definition) is 3. The SMILES string of the molecule is CCNC(C1=CCCCO1)C1(N(C)C)CCCCC1. The third-order valence-corrected chi connectivity index (χ3v) is 4.80. The first kappa shape index (κ1) is 14.9. The van der Waals surface area contributed by atoms with Crippen LogP contribution in [-0.2, 0) is 4.74 Å². The number of hydrogen-bond donors (Lipinski definition) is 1. The van der Waals surface area contributed by atoms with E-state index in [9.17, 15) is 0 Å². The number of ether oxygens (including phenoxy) is 1. The summed E-state index contributed by atoms with van der Waals surface area (Å²) in [4.78, 5) is 2.44. The van der Waals surface area contributed by atoms with Gasteiger partial charge in [0.15, 0.2) is 0 Å². The molecule has 1 aliphatic heterocycles. The minimum Gasteiger partial charge on any atom is -0.497 e. The maximum Gasteiger partial charge on any atom is 0.111 e. The second-order valence-corrected chi connectivity index (χ2v) is 6.15. The third kappa shape index (κ3) is 3.14. The summed E-state index contributed by atoms with van der Waals surface area (Å²) in [6.07, 6.45) is 11.3. The van der Waals surface area contributed by atoms with Crippen molar-refractivity contribution in [3.8, 4) is 0 Å². The fourth-order valence-electron chi connectivity index (χ4n) is 3.70. The van der Waals surface area contributed by atoms with Gasteiger partial charge in [-0.3, -0.25) is 0 Å². The molecular formula is C16H30N2O. The van der Waals surface area contributed by atoms with Crippen LogP contribution >= 0.6 is 0 Å².